The number of benzene rings is 1. The molecule has 1 fully saturated rings. The molecular formula is C19H22N4. The van der Waals surface area contributed by atoms with Crippen LogP contribution in [0.15, 0.2) is 54.5 Å². The first kappa shape index (κ1) is 14.1. The molecule has 0 amide bonds. The molecule has 1 saturated heterocycles. The van der Waals surface area contributed by atoms with Gasteiger partial charge in [-0.2, -0.15) is 0 Å². The lowest BCUT2D eigenvalue weighted by Gasteiger charge is -2.33. The van der Waals surface area contributed by atoms with Crippen LogP contribution in [0.1, 0.15) is 32.3 Å². The van der Waals surface area contributed by atoms with Gasteiger partial charge in [0.15, 0.2) is 0 Å². The Balaban J connectivity index is 1.69. The van der Waals surface area contributed by atoms with E-state index in [0.717, 1.165) is 28.0 Å². The van der Waals surface area contributed by atoms with Gasteiger partial charge in [-0.15, -0.1) is 0 Å². The second-order valence-corrected chi connectivity index (χ2v) is 6.45. The molecule has 2 aliphatic heterocycles. The Morgan fingerprint density at radius 3 is 2.52 bits per heavy atom. The van der Waals surface area contributed by atoms with Crippen LogP contribution >= 0.6 is 0 Å². The van der Waals surface area contributed by atoms with Gasteiger partial charge in [0.2, 0.25) is 0 Å². The maximum Gasteiger partial charge on any atom is 0.121 e. The topological polar surface area (TPSA) is 40.2 Å². The summed E-state index contributed by atoms with van der Waals surface area (Å²) in [5.74, 6) is 1.15. The van der Waals surface area contributed by atoms with Crippen LogP contribution in [0.4, 0.5) is 0 Å². The summed E-state index contributed by atoms with van der Waals surface area (Å²) in [6.07, 6.45) is 8.67. The highest BCUT2D eigenvalue weighted by atomic mass is 15.5. The molecule has 2 aromatic rings. The summed E-state index contributed by atoms with van der Waals surface area (Å²) in [6, 6.07) is 11.5. The summed E-state index contributed by atoms with van der Waals surface area (Å²) < 4.78 is 0. The zero-order valence-corrected chi connectivity index (χ0v) is 13.6. The second-order valence-electron chi connectivity index (χ2n) is 6.45. The van der Waals surface area contributed by atoms with E-state index in [9.17, 15) is 0 Å². The predicted molar refractivity (Wildman–Crippen MR) is 94.1 cm³/mol. The fourth-order valence-electron chi connectivity index (χ4n) is 3.68. The van der Waals surface area contributed by atoms with Crippen molar-refractivity contribution >= 4 is 16.6 Å². The van der Waals surface area contributed by atoms with Crippen LogP contribution in [0.5, 0.6) is 0 Å². The maximum atomic E-state index is 4.54. The molecule has 0 saturated carbocycles. The molecule has 0 bridgehead atoms. The number of hydrogen-bond acceptors (Lipinski definition) is 4. The van der Waals surface area contributed by atoms with E-state index in [1.165, 1.54) is 12.8 Å². The van der Waals surface area contributed by atoms with E-state index in [1.54, 1.807) is 0 Å². The summed E-state index contributed by atoms with van der Waals surface area (Å²) in [6.45, 7) is 4.58. The minimum Gasteiger partial charge on any atom is -0.352 e. The van der Waals surface area contributed by atoms with Crippen LogP contribution in [0.25, 0.3) is 16.6 Å². The fraction of sp³-hybridized carbons (Fsp3) is 0.316. The van der Waals surface area contributed by atoms with Crippen molar-refractivity contribution in [2.24, 2.45) is 0 Å². The Kier molecular flexibility index (Phi) is 3.45. The van der Waals surface area contributed by atoms with Gasteiger partial charge in [-0.25, -0.2) is 0 Å². The first-order valence-corrected chi connectivity index (χ1v) is 8.30. The number of hydrogen-bond donors (Lipinski definition) is 2. The smallest absolute Gasteiger partial charge is 0.121 e. The molecule has 1 aromatic heterocycles. The minimum absolute atomic E-state index is 0.583. The second kappa shape index (κ2) is 5.61. The monoisotopic (exact) mass is 306 g/mol. The van der Waals surface area contributed by atoms with Crippen molar-refractivity contribution in [3.05, 3.63) is 60.1 Å². The van der Waals surface area contributed by atoms with Crippen molar-refractivity contribution in [3.8, 4) is 0 Å². The van der Waals surface area contributed by atoms with E-state index in [-0.39, 0.29) is 0 Å². The van der Waals surface area contributed by atoms with Gasteiger partial charge >= 0.3 is 0 Å². The first-order valence-electron chi connectivity index (χ1n) is 8.30. The molecule has 0 radical (unpaired) electrons. The number of rotatable bonds is 2. The molecule has 3 heterocycles. The predicted octanol–water partition coefficient (Wildman–Crippen LogP) is 3.40. The molecule has 2 atom stereocenters. The van der Waals surface area contributed by atoms with Crippen LogP contribution in [0.3, 0.4) is 0 Å². The SMILES string of the molecule is C[C@@H]1CC[C@H](C)N1C1=CC=C(c2cccc3cccnc23)NN1. The highest BCUT2D eigenvalue weighted by Gasteiger charge is 2.29. The largest absolute Gasteiger partial charge is 0.352 e. The zero-order chi connectivity index (χ0) is 15.8. The van der Waals surface area contributed by atoms with Gasteiger partial charge in [-0.05, 0) is 44.9 Å². The molecule has 0 aliphatic carbocycles. The van der Waals surface area contributed by atoms with Gasteiger partial charge in [0.1, 0.15) is 5.82 Å². The van der Waals surface area contributed by atoms with E-state index in [4.69, 9.17) is 0 Å². The number of nitrogens with zero attached hydrogens (tertiary/aromatic N) is 2. The van der Waals surface area contributed by atoms with E-state index < -0.39 is 0 Å². The molecule has 2 N–H and O–H groups in total. The maximum absolute atomic E-state index is 4.54. The average molecular weight is 306 g/mol. The third-order valence-electron chi connectivity index (χ3n) is 4.89. The van der Waals surface area contributed by atoms with Gasteiger partial charge < -0.3 is 4.90 Å². The van der Waals surface area contributed by atoms with Crippen molar-refractivity contribution in [2.45, 2.75) is 38.8 Å². The lowest BCUT2D eigenvalue weighted by Crippen LogP contribution is -2.44. The Morgan fingerprint density at radius 2 is 1.78 bits per heavy atom. The molecular weight excluding hydrogens is 284 g/mol. The van der Waals surface area contributed by atoms with Gasteiger partial charge in [0, 0.05) is 29.2 Å². The summed E-state index contributed by atoms with van der Waals surface area (Å²) >= 11 is 0. The molecule has 4 heteroatoms. The van der Waals surface area contributed by atoms with Crippen LogP contribution in [0, 0.1) is 0 Å². The lowest BCUT2D eigenvalue weighted by atomic mass is 10.1. The Hall–Kier alpha value is -2.49. The minimum atomic E-state index is 0.583. The van der Waals surface area contributed by atoms with Gasteiger partial charge in [0.25, 0.3) is 0 Å². The molecule has 0 spiro atoms. The van der Waals surface area contributed by atoms with E-state index in [2.05, 4.69) is 71.0 Å². The summed E-state index contributed by atoms with van der Waals surface area (Å²) in [5.41, 5.74) is 9.93. The van der Waals surface area contributed by atoms with Crippen molar-refractivity contribution in [2.75, 3.05) is 0 Å². The fourth-order valence-corrected chi connectivity index (χ4v) is 3.68. The van der Waals surface area contributed by atoms with E-state index in [1.807, 2.05) is 12.3 Å². The van der Waals surface area contributed by atoms with Crippen LogP contribution in [0.2, 0.25) is 0 Å². The van der Waals surface area contributed by atoms with Gasteiger partial charge in [-0.3, -0.25) is 15.8 Å². The Morgan fingerprint density at radius 1 is 1.00 bits per heavy atom. The number of nitrogens with one attached hydrogen (secondary N) is 2. The van der Waals surface area contributed by atoms with Crippen molar-refractivity contribution in [1.29, 1.82) is 0 Å². The van der Waals surface area contributed by atoms with Crippen molar-refractivity contribution in [3.63, 3.8) is 0 Å². The highest BCUT2D eigenvalue weighted by molar-refractivity contribution is 5.90. The lowest BCUT2D eigenvalue weighted by molar-refractivity contribution is 0.252. The quantitative estimate of drug-likeness (QED) is 0.892. The average Bonchev–Trinajstić information content (AvgIpc) is 2.93. The summed E-state index contributed by atoms with van der Waals surface area (Å²) in [5, 5.41) is 1.16. The number of hydrazine groups is 1. The number of aromatic nitrogens is 1. The molecule has 23 heavy (non-hydrogen) atoms. The Bertz CT molecular complexity index is 778. The molecule has 0 unspecified atom stereocenters. The number of likely N-dealkylation sites (tertiary alicyclic amines) is 1. The molecule has 4 rings (SSSR count). The molecule has 118 valence electrons. The molecule has 2 aliphatic rings. The van der Waals surface area contributed by atoms with Crippen molar-refractivity contribution in [1.82, 2.24) is 20.7 Å². The molecule has 4 nitrogen and oxygen atoms in total. The van der Waals surface area contributed by atoms with Gasteiger partial charge in [0.05, 0.1) is 11.2 Å². The third-order valence-corrected chi connectivity index (χ3v) is 4.89. The summed E-state index contributed by atoms with van der Waals surface area (Å²) in [4.78, 5) is 7.00. The van der Waals surface area contributed by atoms with E-state index >= 15 is 0 Å². The highest BCUT2D eigenvalue weighted by Crippen LogP contribution is 2.29. The number of fused-ring (bicyclic) bond motifs is 1. The normalized spacial score (nSPS) is 24.0. The van der Waals surface area contributed by atoms with Gasteiger partial charge in [-0.1, -0.05) is 24.3 Å². The molecule has 1 aromatic carbocycles. The number of allylic oxidation sites excluding steroid dienone is 2. The zero-order valence-electron chi connectivity index (χ0n) is 13.6. The first-order chi connectivity index (χ1) is 11.2. The van der Waals surface area contributed by atoms with Crippen LogP contribution < -0.4 is 10.9 Å². The number of para-hydroxylation sites is 1. The van der Waals surface area contributed by atoms with Crippen molar-refractivity contribution < 1.29 is 0 Å². The number of pyridine rings is 1. The summed E-state index contributed by atoms with van der Waals surface area (Å²) in [7, 11) is 0. The third kappa shape index (κ3) is 2.44. The van der Waals surface area contributed by atoms with Crippen LogP contribution in [-0.2, 0) is 0 Å². The Labute approximate surface area is 136 Å². The van der Waals surface area contributed by atoms with Crippen LogP contribution in [-0.4, -0.2) is 22.0 Å². The standard InChI is InChI=1S/C19H22N4/c1-13-8-9-14(2)23(13)18-11-10-17(21-22-18)16-7-3-5-15-6-4-12-20-19(15)16/h3-7,10-14,21-22H,8-9H2,1-2H3/t13-,14+. The van der Waals surface area contributed by atoms with E-state index in [0.29, 0.717) is 12.1 Å².